The van der Waals surface area contributed by atoms with Crippen molar-refractivity contribution in [1.82, 2.24) is 19.9 Å². The molecule has 3 rings (SSSR count). The van der Waals surface area contributed by atoms with E-state index < -0.39 is 0 Å². The van der Waals surface area contributed by atoms with Crippen LogP contribution in [0.1, 0.15) is 18.5 Å². The Morgan fingerprint density at radius 2 is 2.00 bits per heavy atom. The smallest absolute Gasteiger partial charge is 0.316 e. The molecule has 8 heteroatoms. The highest BCUT2D eigenvalue weighted by Crippen LogP contribution is 2.22. The third kappa shape index (κ3) is 3.45. The van der Waals surface area contributed by atoms with Crippen LogP contribution in [0.25, 0.3) is 0 Å². The molecule has 1 aliphatic rings. The molecular weight excluding hydrogens is 296 g/mol. The van der Waals surface area contributed by atoms with Crippen LogP contribution >= 0.6 is 0 Å². The van der Waals surface area contributed by atoms with Crippen molar-refractivity contribution in [2.24, 2.45) is 0 Å². The first-order valence-electron chi connectivity index (χ1n) is 7.29. The number of hydrogen-bond acceptors (Lipinski definition) is 8. The Labute approximate surface area is 133 Å². The van der Waals surface area contributed by atoms with E-state index in [2.05, 4.69) is 26.0 Å². The van der Waals surface area contributed by atoms with Crippen molar-refractivity contribution in [2.45, 2.75) is 18.9 Å². The van der Waals surface area contributed by atoms with Crippen LogP contribution in [0.15, 0.2) is 24.8 Å². The van der Waals surface area contributed by atoms with Gasteiger partial charge in [0.25, 0.3) is 0 Å². The average molecular weight is 312 g/mol. The fraction of sp³-hybridized carbons (Fsp3) is 0.400. The lowest BCUT2D eigenvalue weighted by Crippen LogP contribution is -2.42. The molecule has 0 saturated carbocycles. The number of anilines is 1. The largest absolute Gasteiger partial charge is 0.494 e. The van der Waals surface area contributed by atoms with Gasteiger partial charge in [-0.2, -0.15) is 15.2 Å². The molecule has 0 aromatic carbocycles. The minimum absolute atomic E-state index is 0.0642. The van der Waals surface area contributed by atoms with E-state index in [0.717, 1.165) is 19.4 Å². The van der Waals surface area contributed by atoms with Crippen LogP contribution in [0.3, 0.4) is 0 Å². The molecule has 118 valence electrons. The second-order valence-corrected chi connectivity index (χ2v) is 5.07. The van der Waals surface area contributed by atoms with Crippen molar-refractivity contribution < 1.29 is 9.47 Å². The third-order valence-electron chi connectivity index (χ3n) is 3.57. The van der Waals surface area contributed by atoms with Gasteiger partial charge in [-0.05, 0) is 12.8 Å². The summed E-state index contributed by atoms with van der Waals surface area (Å²) in [4.78, 5) is 18.6. The lowest BCUT2D eigenvalue weighted by atomic mass is 10.1. The summed E-state index contributed by atoms with van der Waals surface area (Å²) in [6, 6.07) is 2.39. The molecule has 2 aromatic rings. The summed E-state index contributed by atoms with van der Waals surface area (Å²) in [5.74, 6) is 1.18. The Morgan fingerprint density at radius 1 is 1.22 bits per heavy atom. The van der Waals surface area contributed by atoms with Crippen molar-refractivity contribution in [2.75, 3.05) is 25.1 Å². The van der Waals surface area contributed by atoms with Gasteiger partial charge in [-0.1, -0.05) is 0 Å². The number of methoxy groups -OCH3 is 1. The molecule has 0 N–H and O–H groups in total. The Morgan fingerprint density at radius 3 is 2.74 bits per heavy atom. The number of piperidine rings is 1. The second-order valence-electron chi connectivity index (χ2n) is 5.07. The molecule has 1 atom stereocenters. The molecule has 8 nitrogen and oxygen atoms in total. The topological polar surface area (TPSA) is 97.0 Å². The Balaban J connectivity index is 1.69. The molecule has 1 fully saturated rings. The zero-order chi connectivity index (χ0) is 16.1. The molecule has 1 saturated heterocycles. The van der Waals surface area contributed by atoms with E-state index in [9.17, 15) is 0 Å². The Hall–Kier alpha value is -2.95. The van der Waals surface area contributed by atoms with Crippen LogP contribution in [0, 0.1) is 11.3 Å². The highest BCUT2D eigenvalue weighted by Gasteiger charge is 2.25. The highest BCUT2D eigenvalue weighted by atomic mass is 16.5. The SMILES string of the molecule is COc1cnc(OC2CCCN(c3nccnc3C#N)C2)nc1. The fourth-order valence-corrected chi connectivity index (χ4v) is 2.49. The van der Waals surface area contributed by atoms with Crippen molar-refractivity contribution >= 4 is 5.82 Å². The van der Waals surface area contributed by atoms with Crippen LogP contribution in [0.2, 0.25) is 0 Å². The van der Waals surface area contributed by atoms with Crippen molar-refractivity contribution in [1.29, 1.82) is 5.26 Å². The zero-order valence-electron chi connectivity index (χ0n) is 12.7. The number of rotatable bonds is 4. The van der Waals surface area contributed by atoms with E-state index in [-0.39, 0.29) is 6.10 Å². The third-order valence-corrected chi connectivity index (χ3v) is 3.57. The maximum absolute atomic E-state index is 9.16. The molecule has 1 aliphatic heterocycles. The van der Waals surface area contributed by atoms with Crippen LogP contribution in [-0.2, 0) is 0 Å². The standard InChI is InChI=1S/C15H16N6O2/c1-22-12-8-19-15(20-9-12)23-11-3-2-6-21(10-11)14-13(7-16)17-4-5-18-14/h4-5,8-9,11H,2-3,6,10H2,1H3. The van der Waals surface area contributed by atoms with E-state index in [1.807, 2.05) is 4.90 Å². The number of nitrogens with zero attached hydrogens (tertiary/aromatic N) is 6. The summed E-state index contributed by atoms with van der Waals surface area (Å²) < 4.78 is 10.9. The summed E-state index contributed by atoms with van der Waals surface area (Å²) in [6.45, 7) is 1.43. The molecule has 1 unspecified atom stereocenters. The minimum atomic E-state index is -0.0642. The van der Waals surface area contributed by atoms with E-state index >= 15 is 0 Å². The first kappa shape index (κ1) is 15.0. The van der Waals surface area contributed by atoms with Crippen molar-refractivity contribution in [3.05, 3.63) is 30.5 Å². The lowest BCUT2D eigenvalue weighted by Gasteiger charge is -2.33. The van der Waals surface area contributed by atoms with Crippen LogP contribution in [0.5, 0.6) is 11.8 Å². The van der Waals surface area contributed by atoms with Gasteiger partial charge >= 0.3 is 6.01 Å². The van der Waals surface area contributed by atoms with E-state index in [4.69, 9.17) is 14.7 Å². The maximum Gasteiger partial charge on any atom is 0.316 e. The first-order valence-corrected chi connectivity index (χ1v) is 7.29. The van der Waals surface area contributed by atoms with Crippen molar-refractivity contribution in [3.8, 4) is 17.8 Å². The van der Waals surface area contributed by atoms with E-state index in [1.165, 1.54) is 6.20 Å². The molecule has 0 aliphatic carbocycles. The molecule has 0 spiro atoms. The molecule has 0 bridgehead atoms. The predicted octanol–water partition coefficient (Wildman–Crippen LogP) is 1.19. The second kappa shape index (κ2) is 6.87. The predicted molar refractivity (Wildman–Crippen MR) is 81.2 cm³/mol. The molecule has 0 amide bonds. The van der Waals surface area contributed by atoms with Crippen LogP contribution in [-0.4, -0.2) is 46.2 Å². The molecular formula is C15H16N6O2. The minimum Gasteiger partial charge on any atom is -0.494 e. The van der Waals surface area contributed by atoms with Gasteiger partial charge in [0.2, 0.25) is 0 Å². The van der Waals surface area contributed by atoms with Gasteiger partial charge in [0.1, 0.15) is 12.2 Å². The van der Waals surface area contributed by atoms with Gasteiger partial charge in [0.05, 0.1) is 26.0 Å². The zero-order valence-corrected chi connectivity index (χ0v) is 12.7. The molecule has 2 aromatic heterocycles. The average Bonchev–Trinajstić information content (AvgIpc) is 2.62. The van der Waals surface area contributed by atoms with Gasteiger partial charge < -0.3 is 14.4 Å². The van der Waals surface area contributed by atoms with Gasteiger partial charge in [0.15, 0.2) is 17.3 Å². The number of nitriles is 1. The van der Waals surface area contributed by atoms with Crippen LogP contribution < -0.4 is 14.4 Å². The molecule has 3 heterocycles. The van der Waals surface area contributed by atoms with Crippen molar-refractivity contribution in [3.63, 3.8) is 0 Å². The van der Waals surface area contributed by atoms with E-state index in [0.29, 0.717) is 29.8 Å². The number of ether oxygens (including phenoxy) is 2. The van der Waals surface area contributed by atoms with Gasteiger partial charge in [0, 0.05) is 18.9 Å². The number of hydrogen-bond donors (Lipinski definition) is 0. The maximum atomic E-state index is 9.16. The van der Waals surface area contributed by atoms with E-state index in [1.54, 1.807) is 25.7 Å². The highest BCUT2D eigenvalue weighted by molar-refractivity contribution is 5.49. The summed E-state index contributed by atoms with van der Waals surface area (Å²) in [5, 5.41) is 9.16. The lowest BCUT2D eigenvalue weighted by molar-refractivity contribution is 0.163. The van der Waals surface area contributed by atoms with Gasteiger partial charge in [-0.25, -0.2) is 9.97 Å². The summed E-state index contributed by atoms with van der Waals surface area (Å²) in [6.07, 6.45) is 8.01. The van der Waals surface area contributed by atoms with Crippen LogP contribution in [0.4, 0.5) is 5.82 Å². The quantitative estimate of drug-likeness (QED) is 0.830. The Bertz CT molecular complexity index is 700. The number of aromatic nitrogens is 4. The summed E-state index contributed by atoms with van der Waals surface area (Å²) >= 11 is 0. The first-order chi connectivity index (χ1) is 11.3. The fourth-order valence-electron chi connectivity index (χ4n) is 2.49. The summed E-state index contributed by atoms with van der Waals surface area (Å²) in [5.41, 5.74) is 0.328. The monoisotopic (exact) mass is 312 g/mol. The Kier molecular flexibility index (Phi) is 4.47. The molecule has 0 radical (unpaired) electrons. The summed E-state index contributed by atoms with van der Waals surface area (Å²) in [7, 11) is 1.56. The normalized spacial score (nSPS) is 17.4. The van der Waals surface area contributed by atoms with Gasteiger partial charge in [-0.15, -0.1) is 0 Å². The van der Waals surface area contributed by atoms with Gasteiger partial charge in [-0.3, -0.25) is 0 Å². The molecule has 23 heavy (non-hydrogen) atoms.